The van der Waals surface area contributed by atoms with E-state index in [4.69, 9.17) is 5.11 Å². The standard InChI is InChI=1S/C11H20N2O4S/c1-8(11(16)17)13(6-5-12-9(2)14)10(15)4-7-18-3/h8H,4-7H2,1-3H3,(H,12,14)(H,16,17). The van der Waals surface area contributed by atoms with E-state index in [1.54, 1.807) is 0 Å². The summed E-state index contributed by atoms with van der Waals surface area (Å²) in [6.07, 6.45) is 2.19. The lowest BCUT2D eigenvalue weighted by Crippen LogP contribution is -2.46. The van der Waals surface area contributed by atoms with Crippen LogP contribution in [0.4, 0.5) is 0 Å². The number of nitrogens with zero attached hydrogens (tertiary/aromatic N) is 1. The van der Waals surface area contributed by atoms with Gasteiger partial charge < -0.3 is 15.3 Å². The zero-order valence-corrected chi connectivity index (χ0v) is 11.7. The molecule has 0 aliphatic carbocycles. The molecule has 0 spiro atoms. The molecule has 2 amide bonds. The van der Waals surface area contributed by atoms with E-state index < -0.39 is 12.0 Å². The summed E-state index contributed by atoms with van der Waals surface area (Å²) in [6.45, 7) is 3.31. The molecule has 7 heteroatoms. The zero-order chi connectivity index (χ0) is 14.1. The third kappa shape index (κ3) is 6.48. The molecule has 0 bridgehead atoms. The number of carboxylic acid groups (broad SMARTS) is 1. The van der Waals surface area contributed by atoms with E-state index in [-0.39, 0.29) is 24.9 Å². The van der Waals surface area contributed by atoms with Gasteiger partial charge in [0.25, 0.3) is 0 Å². The van der Waals surface area contributed by atoms with Gasteiger partial charge in [0.1, 0.15) is 6.04 Å². The molecular weight excluding hydrogens is 256 g/mol. The Hall–Kier alpha value is -1.24. The number of amides is 2. The summed E-state index contributed by atoms with van der Waals surface area (Å²) in [5.74, 6) is -0.795. The maximum Gasteiger partial charge on any atom is 0.326 e. The highest BCUT2D eigenvalue weighted by Gasteiger charge is 2.24. The number of aliphatic carboxylic acids is 1. The number of carbonyl (C=O) groups is 3. The molecule has 0 fully saturated rings. The minimum atomic E-state index is -1.05. The molecule has 0 heterocycles. The van der Waals surface area contributed by atoms with Crippen molar-refractivity contribution in [1.29, 1.82) is 0 Å². The van der Waals surface area contributed by atoms with Crippen LogP contribution >= 0.6 is 11.8 Å². The number of hydrogen-bond donors (Lipinski definition) is 2. The molecule has 0 aliphatic rings. The molecule has 0 aliphatic heterocycles. The van der Waals surface area contributed by atoms with E-state index >= 15 is 0 Å². The monoisotopic (exact) mass is 276 g/mol. The first kappa shape index (κ1) is 16.8. The molecule has 18 heavy (non-hydrogen) atoms. The molecule has 1 unspecified atom stereocenters. The average molecular weight is 276 g/mol. The summed E-state index contributed by atoms with van der Waals surface area (Å²) >= 11 is 1.53. The van der Waals surface area contributed by atoms with E-state index in [2.05, 4.69) is 5.32 Å². The molecule has 0 aromatic rings. The molecule has 0 rings (SSSR count). The Morgan fingerprint density at radius 1 is 1.39 bits per heavy atom. The van der Waals surface area contributed by atoms with E-state index in [1.807, 2.05) is 6.26 Å². The predicted octanol–water partition coefficient (Wildman–Crippen LogP) is 0.177. The quantitative estimate of drug-likeness (QED) is 0.660. The molecule has 0 saturated carbocycles. The predicted molar refractivity (Wildman–Crippen MR) is 70.5 cm³/mol. The fourth-order valence-electron chi connectivity index (χ4n) is 1.35. The normalized spacial score (nSPS) is 11.7. The van der Waals surface area contributed by atoms with Crippen LogP contribution in [-0.2, 0) is 14.4 Å². The van der Waals surface area contributed by atoms with Crippen LogP contribution in [-0.4, -0.2) is 58.9 Å². The SMILES string of the molecule is CSCCC(=O)N(CCNC(C)=O)C(C)C(=O)O. The molecule has 104 valence electrons. The van der Waals surface area contributed by atoms with Crippen molar-refractivity contribution in [3.63, 3.8) is 0 Å². The maximum absolute atomic E-state index is 11.9. The summed E-state index contributed by atoms with van der Waals surface area (Å²) in [4.78, 5) is 34.8. The van der Waals surface area contributed by atoms with Crippen LogP contribution in [0.3, 0.4) is 0 Å². The fourth-order valence-corrected chi connectivity index (χ4v) is 1.73. The summed E-state index contributed by atoms with van der Waals surface area (Å²) in [7, 11) is 0. The van der Waals surface area contributed by atoms with Gasteiger partial charge in [0.2, 0.25) is 11.8 Å². The van der Waals surface area contributed by atoms with Crippen LogP contribution in [0, 0.1) is 0 Å². The van der Waals surface area contributed by atoms with Gasteiger partial charge in [-0.2, -0.15) is 11.8 Å². The van der Waals surface area contributed by atoms with Gasteiger partial charge in [-0.15, -0.1) is 0 Å². The second kappa shape index (κ2) is 8.79. The van der Waals surface area contributed by atoms with Crippen LogP contribution in [0.15, 0.2) is 0 Å². The number of thioether (sulfide) groups is 1. The lowest BCUT2D eigenvalue weighted by Gasteiger charge is -2.26. The van der Waals surface area contributed by atoms with Crippen LogP contribution in [0.2, 0.25) is 0 Å². The smallest absolute Gasteiger partial charge is 0.326 e. The molecule has 0 radical (unpaired) electrons. The summed E-state index contributed by atoms with van der Waals surface area (Å²) in [6, 6.07) is -0.881. The number of carbonyl (C=O) groups excluding carboxylic acids is 2. The summed E-state index contributed by atoms with van der Waals surface area (Å²) in [5.41, 5.74) is 0. The molecular formula is C11H20N2O4S. The van der Waals surface area contributed by atoms with Gasteiger partial charge in [-0.25, -0.2) is 4.79 Å². The highest BCUT2D eigenvalue weighted by Crippen LogP contribution is 2.05. The molecule has 1 atom stereocenters. The number of rotatable bonds is 8. The lowest BCUT2D eigenvalue weighted by molar-refractivity contribution is -0.149. The fraction of sp³-hybridized carbons (Fsp3) is 0.727. The second-order valence-electron chi connectivity index (χ2n) is 3.83. The Morgan fingerprint density at radius 2 is 2.00 bits per heavy atom. The topological polar surface area (TPSA) is 86.7 Å². The van der Waals surface area contributed by atoms with E-state index in [1.165, 1.54) is 30.5 Å². The van der Waals surface area contributed by atoms with Gasteiger partial charge in [0, 0.05) is 32.2 Å². The highest BCUT2D eigenvalue weighted by atomic mass is 32.2. The Balaban J connectivity index is 4.46. The van der Waals surface area contributed by atoms with Crippen LogP contribution < -0.4 is 5.32 Å². The third-order valence-corrected chi connectivity index (χ3v) is 3.00. The largest absolute Gasteiger partial charge is 0.480 e. The van der Waals surface area contributed by atoms with Crippen molar-refractivity contribution in [1.82, 2.24) is 10.2 Å². The highest BCUT2D eigenvalue weighted by molar-refractivity contribution is 7.98. The van der Waals surface area contributed by atoms with Gasteiger partial charge in [0.15, 0.2) is 0 Å². The first-order valence-electron chi connectivity index (χ1n) is 5.65. The minimum Gasteiger partial charge on any atom is -0.480 e. The Bertz CT molecular complexity index is 309. The first-order chi connectivity index (χ1) is 8.40. The number of carboxylic acids is 1. The van der Waals surface area contributed by atoms with Crippen molar-refractivity contribution in [2.75, 3.05) is 25.1 Å². The molecule has 0 saturated heterocycles. The van der Waals surface area contributed by atoms with Crippen molar-refractivity contribution in [2.24, 2.45) is 0 Å². The summed E-state index contributed by atoms with van der Waals surface area (Å²) in [5, 5.41) is 11.5. The van der Waals surface area contributed by atoms with Gasteiger partial charge in [0.05, 0.1) is 0 Å². The van der Waals surface area contributed by atoms with Crippen LogP contribution in [0.5, 0.6) is 0 Å². The van der Waals surface area contributed by atoms with Gasteiger partial charge >= 0.3 is 5.97 Å². The minimum absolute atomic E-state index is 0.200. The second-order valence-corrected chi connectivity index (χ2v) is 4.81. The maximum atomic E-state index is 11.9. The summed E-state index contributed by atoms with van der Waals surface area (Å²) < 4.78 is 0. The van der Waals surface area contributed by atoms with Gasteiger partial charge in [-0.1, -0.05) is 0 Å². The van der Waals surface area contributed by atoms with Crippen molar-refractivity contribution >= 4 is 29.5 Å². The van der Waals surface area contributed by atoms with E-state index in [0.29, 0.717) is 12.2 Å². The van der Waals surface area contributed by atoms with E-state index in [0.717, 1.165) is 0 Å². The van der Waals surface area contributed by atoms with Crippen LogP contribution in [0.25, 0.3) is 0 Å². The Kier molecular flexibility index (Phi) is 8.19. The Labute approximate surface area is 111 Å². The molecule has 0 aromatic carbocycles. The number of nitrogens with one attached hydrogen (secondary N) is 1. The van der Waals surface area contributed by atoms with E-state index in [9.17, 15) is 14.4 Å². The van der Waals surface area contributed by atoms with Crippen molar-refractivity contribution < 1.29 is 19.5 Å². The van der Waals surface area contributed by atoms with Gasteiger partial charge in [-0.3, -0.25) is 9.59 Å². The van der Waals surface area contributed by atoms with Crippen molar-refractivity contribution in [3.8, 4) is 0 Å². The first-order valence-corrected chi connectivity index (χ1v) is 7.05. The third-order valence-electron chi connectivity index (χ3n) is 2.39. The van der Waals surface area contributed by atoms with Gasteiger partial charge in [-0.05, 0) is 13.2 Å². The van der Waals surface area contributed by atoms with Crippen molar-refractivity contribution in [2.45, 2.75) is 26.3 Å². The lowest BCUT2D eigenvalue weighted by atomic mass is 10.2. The zero-order valence-electron chi connectivity index (χ0n) is 10.9. The molecule has 2 N–H and O–H groups in total. The number of hydrogen-bond acceptors (Lipinski definition) is 4. The molecule has 6 nitrogen and oxygen atoms in total. The molecule has 0 aromatic heterocycles. The Morgan fingerprint density at radius 3 is 2.44 bits per heavy atom. The van der Waals surface area contributed by atoms with Crippen LogP contribution in [0.1, 0.15) is 20.3 Å². The van der Waals surface area contributed by atoms with Crippen molar-refractivity contribution in [3.05, 3.63) is 0 Å². The average Bonchev–Trinajstić information content (AvgIpc) is 2.30.